The number of halogens is 2. The molecule has 1 aliphatic heterocycles. The number of aromatic nitrogens is 1. The zero-order valence-electron chi connectivity index (χ0n) is 19.7. The molecule has 6 nitrogen and oxygen atoms in total. The molecular formula is C26H28F2N4O2S. The molecule has 1 N–H and O–H groups in total. The van der Waals surface area contributed by atoms with E-state index < -0.39 is 0 Å². The Labute approximate surface area is 207 Å². The molecule has 0 aliphatic carbocycles. The summed E-state index contributed by atoms with van der Waals surface area (Å²) in [5, 5.41) is 5.05. The van der Waals surface area contributed by atoms with Gasteiger partial charge in [-0.2, -0.15) is 0 Å². The standard InChI is InChI=1S/C26H28F2N4O2S/c1-17(2)25(34)30-26-29-22(16-35-26)15-23(33)31-11-13-32(14-12-31)24(18-3-7-20(27)8-4-18)19-5-9-21(28)10-6-19/h3-10,16-17,24H,11-15H2,1-2H3,(H,29,30,34). The lowest BCUT2D eigenvalue weighted by atomic mass is 9.96. The minimum absolute atomic E-state index is 0.0169. The molecule has 1 fully saturated rings. The van der Waals surface area contributed by atoms with E-state index in [1.54, 1.807) is 29.6 Å². The van der Waals surface area contributed by atoms with Crippen LogP contribution in [-0.2, 0) is 16.0 Å². The minimum Gasteiger partial charge on any atom is -0.340 e. The summed E-state index contributed by atoms with van der Waals surface area (Å²) >= 11 is 1.31. The molecule has 3 aromatic rings. The predicted octanol–water partition coefficient (Wildman–Crippen LogP) is 4.49. The second-order valence-corrected chi connectivity index (χ2v) is 9.75. The van der Waals surface area contributed by atoms with Crippen LogP contribution in [-0.4, -0.2) is 52.8 Å². The van der Waals surface area contributed by atoms with Gasteiger partial charge in [0.2, 0.25) is 11.8 Å². The first-order chi connectivity index (χ1) is 16.8. The van der Waals surface area contributed by atoms with Gasteiger partial charge in [0, 0.05) is 37.5 Å². The van der Waals surface area contributed by atoms with Crippen molar-refractivity contribution < 1.29 is 18.4 Å². The van der Waals surface area contributed by atoms with Crippen LogP contribution in [0.2, 0.25) is 0 Å². The maximum atomic E-state index is 13.5. The summed E-state index contributed by atoms with van der Waals surface area (Å²) in [5.74, 6) is -0.886. The van der Waals surface area contributed by atoms with Crippen molar-refractivity contribution >= 4 is 28.3 Å². The fourth-order valence-corrected chi connectivity index (χ4v) is 4.81. The monoisotopic (exact) mass is 498 g/mol. The minimum atomic E-state index is -0.309. The van der Waals surface area contributed by atoms with E-state index in [0.29, 0.717) is 37.0 Å². The van der Waals surface area contributed by atoms with Crippen molar-refractivity contribution in [3.63, 3.8) is 0 Å². The fraction of sp³-hybridized carbons (Fsp3) is 0.346. The smallest absolute Gasteiger partial charge is 0.228 e. The first kappa shape index (κ1) is 24.9. The summed E-state index contributed by atoms with van der Waals surface area (Å²) in [6, 6.07) is 12.5. The molecule has 1 aliphatic rings. The van der Waals surface area contributed by atoms with Crippen LogP contribution < -0.4 is 5.32 Å². The summed E-state index contributed by atoms with van der Waals surface area (Å²) in [6.45, 7) is 5.95. The Balaban J connectivity index is 1.40. The van der Waals surface area contributed by atoms with E-state index in [1.807, 2.05) is 18.7 Å². The van der Waals surface area contributed by atoms with Gasteiger partial charge in [0.05, 0.1) is 18.2 Å². The van der Waals surface area contributed by atoms with Gasteiger partial charge in [-0.25, -0.2) is 13.8 Å². The first-order valence-electron chi connectivity index (χ1n) is 11.6. The highest BCUT2D eigenvalue weighted by Gasteiger charge is 2.28. The number of nitrogens with one attached hydrogen (secondary N) is 1. The van der Waals surface area contributed by atoms with Crippen LogP contribution in [0.15, 0.2) is 53.9 Å². The van der Waals surface area contributed by atoms with E-state index in [4.69, 9.17) is 0 Å². The van der Waals surface area contributed by atoms with Gasteiger partial charge in [-0.1, -0.05) is 38.1 Å². The van der Waals surface area contributed by atoms with Gasteiger partial charge in [-0.05, 0) is 35.4 Å². The number of hydrogen-bond donors (Lipinski definition) is 1. The molecule has 1 aromatic heterocycles. The number of hydrogen-bond acceptors (Lipinski definition) is 5. The number of amides is 2. The summed E-state index contributed by atoms with van der Waals surface area (Å²) in [6.07, 6.45) is 0.174. The van der Waals surface area contributed by atoms with Gasteiger partial charge in [-0.15, -0.1) is 11.3 Å². The molecule has 2 aromatic carbocycles. The lowest BCUT2D eigenvalue weighted by Gasteiger charge is -2.39. The maximum absolute atomic E-state index is 13.5. The predicted molar refractivity (Wildman–Crippen MR) is 132 cm³/mol. The molecule has 2 heterocycles. The van der Waals surface area contributed by atoms with Crippen molar-refractivity contribution in [2.24, 2.45) is 5.92 Å². The molecule has 0 atom stereocenters. The van der Waals surface area contributed by atoms with Crippen molar-refractivity contribution in [1.29, 1.82) is 0 Å². The molecule has 0 radical (unpaired) electrons. The Morgan fingerprint density at radius 3 is 2.00 bits per heavy atom. The van der Waals surface area contributed by atoms with Crippen molar-refractivity contribution in [3.05, 3.63) is 82.4 Å². The number of benzene rings is 2. The van der Waals surface area contributed by atoms with Crippen molar-refractivity contribution in [3.8, 4) is 0 Å². The van der Waals surface area contributed by atoms with Crippen LogP contribution in [0.25, 0.3) is 0 Å². The molecule has 9 heteroatoms. The molecule has 4 rings (SSSR count). The highest BCUT2D eigenvalue weighted by molar-refractivity contribution is 7.13. The van der Waals surface area contributed by atoms with E-state index in [2.05, 4.69) is 15.2 Å². The number of piperazine rings is 1. The number of nitrogens with zero attached hydrogens (tertiary/aromatic N) is 3. The van der Waals surface area contributed by atoms with E-state index in [-0.39, 0.29) is 41.8 Å². The zero-order chi connectivity index (χ0) is 24.9. The van der Waals surface area contributed by atoms with Crippen LogP contribution in [0.5, 0.6) is 0 Å². The van der Waals surface area contributed by atoms with E-state index in [1.165, 1.54) is 35.6 Å². The number of carbonyl (C=O) groups excluding carboxylic acids is 2. The van der Waals surface area contributed by atoms with E-state index in [0.717, 1.165) is 11.1 Å². The maximum Gasteiger partial charge on any atom is 0.228 e. The lowest BCUT2D eigenvalue weighted by molar-refractivity contribution is -0.132. The van der Waals surface area contributed by atoms with E-state index >= 15 is 0 Å². The van der Waals surface area contributed by atoms with E-state index in [9.17, 15) is 18.4 Å². The normalized spacial score (nSPS) is 14.5. The Morgan fingerprint density at radius 1 is 0.943 bits per heavy atom. The quantitative estimate of drug-likeness (QED) is 0.521. The van der Waals surface area contributed by atoms with Crippen LogP contribution in [0.3, 0.4) is 0 Å². The topological polar surface area (TPSA) is 65.5 Å². The summed E-state index contributed by atoms with van der Waals surface area (Å²) in [4.78, 5) is 33.2. The van der Waals surface area contributed by atoms with Crippen LogP contribution >= 0.6 is 11.3 Å². The largest absolute Gasteiger partial charge is 0.340 e. The molecule has 2 amide bonds. The van der Waals surface area contributed by atoms with Gasteiger partial charge < -0.3 is 10.2 Å². The second-order valence-electron chi connectivity index (χ2n) is 8.89. The third-order valence-corrected chi connectivity index (χ3v) is 6.85. The number of rotatable bonds is 7. The molecule has 0 unspecified atom stereocenters. The molecule has 184 valence electrons. The summed E-state index contributed by atoms with van der Waals surface area (Å²) < 4.78 is 27.1. The number of anilines is 1. The molecule has 1 saturated heterocycles. The van der Waals surface area contributed by atoms with Crippen LogP contribution in [0.4, 0.5) is 13.9 Å². The summed E-state index contributed by atoms with van der Waals surface area (Å²) in [7, 11) is 0. The third-order valence-electron chi connectivity index (χ3n) is 6.04. The van der Waals surface area contributed by atoms with Gasteiger partial charge in [0.1, 0.15) is 11.6 Å². The third kappa shape index (κ3) is 6.29. The van der Waals surface area contributed by atoms with Gasteiger partial charge in [-0.3, -0.25) is 14.5 Å². The number of carbonyl (C=O) groups is 2. The van der Waals surface area contributed by atoms with Crippen LogP contribution in [0, 0.1) is 17.6 Å². The molecule has 0 bridgehead atoms. The highest BCUT2D eigenvalue weighted by atomic mass is 32.1. The Hall–Kier alpha value is -3.17. The Bertz CT molecular complexity index is 1110. The molecule has 35 heavy (non-hydrogen) atoms. The highest BCUT2D eigenvalue weighted by Crippen LogP contribution is 2.30. The Morgan fingerprint density at radius 2 is 1.49 bits per heavy atom. The molecular weight excluding hydrogens is 470 g/mol. The Kier molecular flexibility index (Phi) is 7.87. The lowest BCUT2D eigenvalue weighted by Crippen LogP contribution is -2.50. The first-order valence-corrected chi connectivity index (χ1v) is 12.5. The SMILES string of the molecule is CC(C)C(=O)Nc1nc(CC(=O)N2CCN(C(c3ccc(F)cc3)c3ccc(F)cc3)CC2)cs1. The average molecular weight is 499 g/mol. The molecule has 0 saturated carbocycles. The number of thiazole rings is 1. The zero-order valence-corrected chi connectivity index (χ0v) is 20.5. The van der Waals surface area contributed by atoms with Gasteiger partial charge >= 0.3 is 0 Å². The fourth-order valence-electron chi connectivity index (χ4n) is 4.10. The van der Waals surface area contributed by atoms with Crippen LogP contribution in [0.1, 0.15) is 36.7 Å². The summed E-state index contributed by atoms with van der Waals surface area (Å²) in [5.41, 5.74) is 2.46. The van der Waals surface area contributed by atoms with Crippen molar-refractivity contribution in [1.82, 2.24) is 14.8 Å². The average Bonchev–Trinajstić information content (AvgIpc) is 3.28. The molecule has 0 spiro atoms. The second kappa shape index (κ2) is 11.0. The van der Waals surface area contributed by atoms with Gasteiger partial charge in [0.15, 0.2) is 5.13 Å². The van der Waals surface area contributed by atoms with Crippen molar-refractivity contribution in [2.45, 2.75) is 26.3 Å². The van der Waals surface area contributed by atoms with Crippen molar-refractivity contribution in [2.75, 3.05) is 31.5 Å². The van der Waals surface area contributed by atoms with Gasteiger partial charge in [0.25, 0.3) is 0 Å².